The van der Waals surface area contributed by atoms with Gasteiger partial charge in [0.25, 0.3) is 0 Å². The topological polar surface area (TPSA) is 29.1 Å². The van der Waals surface area contributed by atoms with Crippen LogP contribution in [-0.2, 0) is 4.79 Å². The number of benzene rings is 1. The first kappa shape index (κ1) is 13.5. The molecule has 1 N–H and O–H groups in total. The molecule has 0 saturated heterocycles. The molecule has 0 fully saturated rings. The lowest BCUT2D eigenvalue weighted by Crippen LogP contribution is -2.32. The molecule has 17 heavy (non-hydrogen) atoms. The van der Waals surface area contributed by atoms with E-state index < -0.39 is 0 Å². The van der Waals surface area contributed by atoms with Crippen molar-refractivity contribution < 1.29 is 4.79 Å². The molecule has 0 saturated carbocycles. The van der Waals surface area contributed by atoms with Crippen molar-refractivity contribution in [3.8, 4) is 0 Å². The van der Waals surface area contributed by atoms with Crippen LogP contribution in [-0.4, -0.2) is 12.5 Å². The standard InChI is InChI=1S/C15H21NO/c1-5-10-16-15(17)14(11(2)3)13-8-6-12(4)7-9-13/h5-9,11,14H,1,10H2,2-4H3,(H,16,17). The van der Waals surface area contributed by atoms with Crippen LogP contribution in [0.15, 0.2) is 36.9 Å². The number of carbonyl (C=O) groups excluding carboxylic acids is 1. The van der Waals surface area contributed by atoms with Gasteiger partial charge >= 0.3 is 0 Å². The van der Waals surface area contributed by atoms with Gasteiger partial charge in [0.2, 0.25) is 5.91 Å². The van der Waals surface area contributed by atoms with Gasteiger partial charge in [-0.15, -0.1) is 6.58 Å². The van der Waals surface area contributed by atoms with E-state index >= 15 is 0 Å². The lowest BCUT2D eigenvalue weighted by molar-refractivity contribution is -0.123. The first-order valence-electron chi connectivity index (χ1n) is 6.01. The highest BCUT2D eigenvalue weighted by Crippen LogP contribution is 2.24. The second-order valence-corrected chi connectivity index (χ2v) is 4.67. The van der Waals surface area contributed by atoms with Gasteiger partial charge < -0.3 is 5.32 Å². The third-order valence-corrected chi connectivity index (χ3v) is 2.81. The minimum absolute atomic E-state index is 0.0729. The molecule has 1 aromatic carbocycles. The molecular formula is C15H21NO. The largest absolute Gasteiger partial charge is 0.352 e. The van der Waals surface area contributed by atoms with Crippen molar-refractivity contribution in [3.63, 3.8) is 0 Å². The predicted molar refractivity (Wildman–Crippen MR) is 72.0 cm³/mol. The molecular weight excluding hydrogens is 210 g/mol. The van der Waals surface area contributed by atoms with Crippen LogP contribution in [0.1, 0.15) is 30.9 Å². The molecule has 0 spiro atoms. The molecule has 1 aromatic rings. The Kier molecular flexibility index (Phi) is 4.95. The van der Waals surface area contributed by atoms with E-state index in [0.29, 0.717) is 6.54 Å². The summed E-state index contributed by atoms with van der Waals surface area (Å²) in [5.41, 5.74) is 2.29. The minimum Gasteiger partial charge on any atom is -0.352 e. The van der Waals surface area contributed by atoms with Crippen LogP contribution in [0.5, 0.6) is 0 Å². The van der Waals surface area contributed by atoms with Crippen LogP contribution in [0, 0.1) is 12.8 Å². The number of aryl methyl sites for hydroxylation is 1. The average Bonchev–Trinajstić information content (AvgIpc) is 2.29. The maximum atomic E-state index is 12.1. The smallest absolute Gasteiger partial charge is 0.228 e. The SMILES string of the molecule is C=CCNC(=O)C(c1ccc(C)cc1)C(C)C. The Bertz CT molecular complexity index is 378. The van der Waals surface area contributed by atoms with E-state index in [1.807, 2.05) is 31.2 Å². The van der Waals surface area contributed by atoms with E-state index in [4.69, 9.17) is 0 Å². The van der Waals surface area contributed by atoms with Gasteiger partial charge in [0, 0.05) is 6.54 Å². The van der Waals surface area contributed by atoms with Crippen molar-refractivity contribution in [2.24, 2.45) is 5.92 Å². The van der Waals surface area contributed by atoms with Gasteiger partial charge in [0.05, 0.1) is 5.92 Å². The summed E-state index contributed by atoms with van der Waals surface area (Å²) in [6.45, 7) is 10.3. The Morgan fingerprint density at radius 3 is 2.41 bits per heavy atom. The van der Waals surface area contributed by atoms with Crippen molar-refractivity contribution in [1.82, 2.24) is 5.32 Å². The molecule has 92 valence electrons. The summed E-state index contributed by atoms with van der Waals surface area (Å²) in [5.74, 6) is 0.266. The Hall–Kier alpha value is -1.57. The summed E-state index contributed by atoms with van der Waals surface area (Å²) in [7, 11) is 0. The van der Waals surface area contributed by atoms with Crippen molar-refractivity contribution >= 4 is 5.91 Å². The van der Waals surface area contributed by atoms with E-state index in [2.05, 4.69) is 25.7 Å². The Morgan fingerprint density at radius 1 is 1.35 bits per heavy atom. The number of carbonyl (C=O) groups is 1. The normalized spacial score (nSPS) is 12.2. The zero-order valence-electron chi connectivity index (χ0n) is 10.9. The quantitative estimate of drug-likeness (QED) is 0.775. The van der Waals surface area contributed by atoms with E-state index in [1.165, 1.54) is 5.56 Å². The van der Waals surface area contributed by atoms with Gasteiger partial charge in [-0.1, -0.05) is 49.8 Å². The second-order valence-electron chi connectivity index (χ2n) is 4.67. The highest BCUT2D eigenvalue weighted by Gasteiger charge is 2.23. The van der Waals surface area contributed by atoms with Crippen molar-refractivity contribution in [1.29, 1.82) is 0 Å². The van der Waals surface area contributed by atoms with Crippen LogP contribution in [0.2, 0.25) is 0 Å². The summed E-state index contributed by atoms with van der Waals surface area (Å²) in [4.78, 5) is 12.1. The van der Waals surface area contributed by atoms with E-state index in [1.54, 1.807) is 6.08 Å². The molecule has 0 aliphatic heterocycles. The third-order valence-electron chi connectivity index (χ3n) is 2.81. The molecule has 1 amide bonds. The molecule has 1 atom stereocenters. The molecule has 0 aliphatic rings. The zero-order chi connectivity index (χ0) is 12.8. The third kappa shape index (κ3) is 3.74. The molecule has 2 nitrogen and oxygen atoms in total. The van der Waals surface area contributed by atoms with Crippen molar-refractivity contribution in [3.05, 3.63) is 48.0 Å². The molecule has 0 aliphatic carbocycles. The van der Waals surface area contributed by atoms with Gasteiger partial charge in [0.1, 0.15) is 0 Å². The van der Waals surface area contributed by atoms with Gasteiger partial charge in [-0.3, -0.25) is 4.79 Å². The van der Waals surface area contributed by atoms with Gasteiger partial charge in [-0.2, -0.15) is 0 Å². The summed E-state index contributed by atoms with van der Waals surface area (Å²) in [5, 5.41) is 2.87. The number of rotatable bonds is 5. The van der Waals surface area contributed by atoms with E-state index in [9.17, 15) is 4.79 Å². The molecule has 1 unspecified atom stereocenters. The summed E-state index contributed by atoms with van der Waals surface area (Å²) in [6, 6.07) is 8.16. The molecule has 0 heterocycles. The number of hydrogen-bond acceptors (Lipinski definition) is 1. The lowest BCUT2D eigenvalue weighted by Gasteiger charge is -2.20. The van der Waals surface area contributed by atoms with Crippen molar-refractivity contribution in [2.45, 2.75) is 26.7 Å². The highest BCUT2D eigenvalue weighted by atomic mass is 16.1. The molecule has 2 heteroatoms. The number of hydrogen-bond donors (Lipinski definition) is 1. The fourth-order valence-electron chi connectivity index (χ4n) is 1.90. The fraction of sp³-hybridized carbons (Fsp3) is 0.400. The Labute approximate surface area is 104 Å². The van der Waals surface area contributed by atoms with Crippen LogP contribution in [0.3, 0.4) is 0 Å². The first-order valence-corrected chi connectivity index (χ1v) is 6.01. The molecule has 0 radical (unpaired) electrons. The maximum absolute atomic E-state index is 12.1. The Morgan fingerprint density at radius 2 is 1.94 bits per heavy atom. The van der Waals surface area contributed by atoms with Gasteiger partial charge in [0.15, 0.2) is 0 Å². The van der Waals surface area contributed by atoms with Crippen LogP contribution >= 0.6 is 0 Å². The zero-order valence-corrected chi connectivity index (χ0v) is 10.9. The summed E-state index contributed by atoms with van der Waals surface area (Å²) in [6.07, 6.45) is 1.70. The average molecular weight is 231 g/mol. The number of nitrogens with one attached hydrogen (secondary N) is 1. The molecule has 1 rings (SSSR count). The monoisotopic (exact) mass is 231 g/mol. The van der Waals surface area contributed by atoms with Gasteiger partial charge in [-0.05, 0) is 18.4 Å². The predicted octanol–water partition coefficient (Wildman–Crippen LogP) is 3.04. The maximum Gasteiger partial charge on any atom is 0.228 e. The molecule has 0 bridgehead atoms. The van der Waals surface area contributed by atoms with Crippen LogP contribution in [0.4, 0.5) is 0 Å². The number of amides is 1. The first-order chi connectivity index (χ1) is 8.06. The minimum atomic E-state index is -0.0875. The highest BCUT2D eigenvalue weighted by molar-refractivity contribution is 5.84. The fourth-order valence-corrected chi connectivity index (χ4v) is 1.90. The van der Waals surface area contributed by atoms with E-state index in [0.717, 1.165) is 5.56 Å². The van der Waals surface area contributed by atoms with E-state index in [-0.39, 0.29) is 17.7 Å². The Balaban J connectivity index is 2.89. The van der Waals surface area contributed by atoms with Crippen LogP contribution < -0.4 is 5.32 Å². The molecule has 0 aromatic heterocycles. The van der Waals surface area contributed by atoms with Crippen molar-refractivity contribution in [2.75, 3.05) is 6.54 Å². The van der Waals surface area contributed by atoms with Gasteiger partial charge in [-0.25, -0.2) is 0 Å². The second kappa shape index (κ2) is 6.24. The van der Waals surface area contributed by atoms with Crippen LogP contribution in [0.25, 0.3) is 0 Å². The lowest BCUT2D eigenvalue weighted by atomic mass is 9.87. The summed E-state index contributed by atoms with van der Waals surface area (Å²) < 4.78 is 0. The summed E-state index contributed by atoms with van der Waals surface area (Å²) >= 11 is 0.